The first-order valence-electron chi connectivity index (χ1n) is 8.31. The second-order valence-electron chi connectivity index (χ2n) is 5.85. The quantitative estimate of drug-likeness (QED) is 0.543. The van der Waals surface area contributed by atoms with Gasteiger partial charge in [-0.15, -0.1) is 16.9 Å². The molecule has 1 amide bonds. The lowest BCUT2D eigenvalue weighted by Gasteiger charge is -2.21. The number of pyridine rings is 1. The van der Waals surface area contributed by atoms with Gasteiger partial charge in [-0.25, -0.2) is 0 Å². The van der Waals surface area contributed by atoms with Crippen molar-refractivity contribution in [1.29, 1.82) is 5.26 Å². The van der Waals surface area contributed by atoms with Crippen molar-refractivity contribution in [3.63, 3.8) is 0 Å². The number of nitrogens with zero attached hydrogens (tertiary/aromatic N) is 4. The van der Waals surface area contributed by atoms with Crippen LogP contribution in [0.3, 0.4) is 0 Å². The molecule has 0 aliphatic rings. The van der Waals surface area contributed by atoms with Gasteiger partial charge in [0.1, 0.15) is 11.8 Å². The van der Waals surface area contributed by atoms with Gasteiger partial charge >= 0.3 is 6.01 Å². The molecular formula is C18H15ClN6O3S. The minimum absolute atomic E-state index is 0.00869. The number of H-pyrrole nitrogens is 1. The molecule has 0 saturated heterocycles. The maximum atomic E-state index is 12.9. The zero-order chi connectivity index (χ0) is 20.8. The van der Waals surface area contributed by atoms with E-state index in [9.17, 15) is 9.59 Å². The predicted molar refractivity (Wildman–Crippen MR) is 107 cm³/mol. The smallest absolute Gasteiger partial charge is 0.312 e. The number of halogens is 1. The molecule has 0 fully saturated rings. The fraction of sp³-hybridized carbons (Fsp3) is 0.167. The minimum Gasteiger partial charge on any atom is -0.406 e. The Hall–Kier alpha value is -3.29. The Morgan fingerprint density at radius 3 is 2.79 bits per heavy atom. The number of thioether (sulfide) groups is 1. The molecule has 0 spiro atoms. The van der Waals surface area contributed by atoms with Crippen LogP contribution in [0.4, 0.5) is 6.01 Å². The van der Waals surface area contributed by atoms with Crippen molar-refractivity contribution in [2.24, 2.45) is 0 Å². The molecule has 3 rings (SSSR count). The van der Waals surface area contributed by atoms with Crippen molar-refractivity contribution in [1.82, 2.24) is 20.1 Å². The second kappa shape index (κ2) is 9.27. The molecule has 11 heteroatoms. The number of nitrogen functional groups attached to an aromatic ring is 1. The average Bonchev–Trinajstić information content (AvgIpc) is 3.12. The number of anilines is 1. The summed E-state index contributed by atoms with van der Waals surface area (Å²) in [4.78, 5) is 30.0. The van der Waals surface area contributed by atoms with E-state index < -0.39 is 0 Å². The van der Waals surface area contributed by atoms with Crippen LogP contribution in [-0.2, 0) is 17.9 Å². The maximum absolute atomic E-state index is 12.9. The molecule has 0 saturated carbocycles. The number of nitriles is 1. The third-order valence-electron chi connectivity index (χ3n) is 3.82. The highest BCUT2D eigenvalue weighted by atomic mass is 35.5. The fourth-order valence-corrected chi connectivity index (χ4v) is 3.56. The molecule has 9 nitrogen and oxygen atoms in total. The van der Waals surface area contributed by atoms with Crippen LogP contribution in [0.25, 0.3) is 0 Å². The van der Waals surface area contributed by atoms with Gasteiger partial charge < -0.3 is 20.0 Å². The first-order chi connectivity index (χ1) is 14.0. The summed E-state index contributed by atoms with van der Waals surface area (Å²) in [7, 11) is 0. The van der Waals surface area contributed by atoms with Gasteiger partial charge in [0.05, 0.1) is 23.9 Å². The summed E-state index contributed by atoms with van der Waals surface area (Å²) >= 11 is 7.41. The maximum Gasteiger partial charge on any atom is 0.312 e. The molecule has 0 bridgehead atoms. The van der Waals surface area contributed by atoms with E-state index in [4.69, 9.17) is 27.0 Å². The number of nitrogens with one attached hydrogen (secondary N) is 1. The number of aromatic nitrogens is 3. The van der Waals surface area contributed by atoms with Gasteiger partial charge in [-0.3, -0.25) is 9.59 Å². The van der Waals surface area contributed by atoms with Gasteiger partial charge in [0.25, 0.3) is 0 Å². The first-order valence-corrected chi connectivity index (χ1v) is 9.67. The second-order valence-corrected chi connectivity index (χ2v) is 7.28. The van der Waals surface area contributed by atoms with Crippen LogP contribution in [0.1, 0.15) is 17.1 Å². The lowest BCUT2D eigenvalue weighted by atomic mass is 10.2. The highest BCUT2D eigenvalue weighted by Gasteiger charge is 2.20. The molecule has 0 unspecified atom stereocenters. The zero-order valence-electron chi connectivity index (χ0n) is 15.0. The third kappa shape index (κ3) is 5.37. The number of hydrogen-bond donors (Lipinski definition) is 2. The topological polar surface area (TPSA) is 142 Å². The molecule has 1 aromatic carbocycles. The van der Waals surface area contributed by atoms with Crippen molar-refractivity contribution in [3.05, 3.63) is 68.9 Å². The predicted octanol–water partition coefficient (Wildman–Crippen LogP) is 2.19. The van der Waals surface area contributed by atoms with Gasteiger partial charge in [-0.2, -0.15) is 5.26 Å². The fourth-order valence-electron chi connectivity index (χ4n) is 2.41. The summed E-state index contributed by atoms with van der Waals surface area (Å²) in [5, 5.41) is 16.8. The minimum atomic E-state index is -0.359. The third-order valence-corrected chi connectivity index (χ3v) is 5.32. The number of amides is 1. The van der Waals surface area contributed by atoms with E-state index in [1.165, 1.54) is 28.9 Å². The van der Waals surface area contributed by atoms with Gasteiger partial charge in [-0.1, -0.05) is 28.8 Å². The van der Waals surface area contributed by atoms with Crippen molar-refractivity contribution in [3.8, 4) is 6.07 Å². The standard InChI is InChI=1S/C18H15ClN6O3S/c19-13-3-1-2-4-15(13)29-10-17(27)25(9-16-23-24-18(21)28-16)8-11-7-22-12(6-20)5-14(11)26/h1-5,7H,8-10H2,(H2,21,24)(H,22,26). The lowest BCUT2D eigenvalue weighted by molar-refractivity contribution is -0.129. The van der Waals surface area contributed by atoms with Gasteiger partial charge in [0.15, 0.2) is 5.43 Å². The molecule has 2 aromatic heterocycles. The van der Waals surface area contributed by atoms with E-state index >= 15 is 0 Å². The molecule has 0 aliphatic carbocycles. The van der Waals surface area contributed by atoms with E-state index in [0.29, 0.717) is 10.6 Å². The normalized spacial score (nSPS) is 10.5. The molecule has 0 aliphatic heterocycles. The number of aromatic amines is 1. The van der Waals surface area contributed by atoms with Crippen LogP contribution in [-0.4, -0.2) is 31.7 Å². The number of benzene rings is 1. The molecular weight excluding hydrogens is 416 g/mol. The van der Waals surface area contributed by atoms with E-state index in [1.807, 2.05) is 18.2 Å². The van der Waals surface area contributed by atoms with E-state index in [0.717, 1.165) is 4.90 Å². The summed E-state index contributed by atoms with van der Waals surface area (Å²) < 4.78 is 5.16. The Bertz CT molecular complexity index is 1120. The molecule has 2 heterocycles. The number of nitrogens with two attached hydrogens (primary N) is 1. The summed E-state index contributed by atoms with van der Waals surface area (Å²) in [6, 6.07) is 10.1. The zero-order valence-corrected chi connectivity index (χ0v) is 16.5. The summed E-state index contributed by atoms with van der Waals surface area (Å²) in [5.41, 5.74) is 5.53. The SMILES string of the molecule is N#Cc1cc(=O)c(CN(Cc2nnc(N)o2)C(=O)CSc2ccccc2Cl)c[nH]1. The Labute approximate surface area is 174 Å². The monoisotopic (exact) mass is 430 g/mol. The van der Waals surface area contributed by atoms with Crippen molar-refractivity contribution in [2.75, 3.05) is 11.5 Å². The van der Waals surface area contributed by atoms with Crippen LogP contribution in [0.2, 0.25) is 5.02 Å². The molecule has 29 heavy (non-hydrogen) atoms. The molecule has 148 valence electrons. The van der Waals surface area contributed by atoms with E-state index in [1.54, 1.807) is 12.1 Å². The van der Waals surface area contributed by atoms with Crippen molar-refractivity contribution in [2.45, 2.75) is 18.0 Å². The largest absolute Gasteiger partial charge is 0.406 e. The average molecular weight is 431 g/mol. The number of rotatable bonds is 7. The highest BCUT2D eigenvalue weighted by Crippen LogP contribution is 2.27. The molecule has 0 radical (unpaired) electrons. The summed E-state index contributed by atoms with van der Waals surface area (Å²) in [6.07, 6.45) is 1.41. The number of hydrogen-bond acceptors (Lipinski definition) is 8. The van der Waals surface area contributed by atoms with Gasteiger partial charge in [0, 0.05) is 22.7 Å². The van der Waals surface area contributed by atoms with E-state index in [2.05, 4.69) is 15.2 Å². The van der Waals surface area contributed by atoms with Crippen molar-refractivity contribution < 1.29 is 9.21 Å². The van der Waals surface area contributed by atoms with Crippen LogP contribution in [0, 0.1) is 11.3 Å². The Morgan fingerprint density at radius 1 is 1.34 bits per heavy atom. The Morgan fingerprint density at radius 2 is 2.14 bits per heavy atom. The Kier molecular flexibility index (Phi) is 6.54. The van der Waals surface area contributed by atoms with Crippen LogP contribution >= 0.6 is 23.4 Å². The van der Waals surface area contributed by atoms with Gasteiger partial charge in [0.2, 0.25) is 11.8 Å². The number of carbonyl (C=O) groups is 1. The lowest BCUT2D eigenvalue weighted by Crippen LogP contribution is -2.33. The van der Waals surface area contributed by atoms with Crippen molar-refractivity contribution >= 4 is 35.3 Å². The number of carbonyl (C=O) groups excluding carboxylic acids is 1. The molecule has 0 atom stereocenters. The van der Waals surface area contributed by atoms with E-state index in [-0.39, 0.29) is 47.8 Å². The summed E-state index contributed by atoms with van der Waals surface area (Å²) in [6.45, 7) is -0.0310. The van der Waals surface area contributed by atoms with Crippen LogP contribution in [0.15, 0.2) is 50.6 Å². The summed E-state index contributed by atoms with van der Waals surface area (Å²) in [5.74, 6) is -0.0410. The first kappa shape index (κ1) is 20.4. The molecule has 3 aromatic rings. The van der Waals surface area contributed by atoms with Gasteiger partial charge in [-0.05, 0) is 12.1 Å². The molecule has 3 N–H and O–H groups in total. The Balaban J connectivity index is 1.78. The van der Waals surface area contributed by atoms with Crippen LogP contribution < -0.4 is 11.2 Å². The van der Waals surface area contributed by atoms with Crippen LogP contribution in [0.5, 0.6) is 0 Å². The highest BCUT2D eigenvalue weighted by molar-refractivity contribution is 8.00.